The first-order valence-electron chi connectivity index (χ1n) is 8.76. The third-order valence-electron chi connectivity index (χ3n) is 5.05. The van der Waals surface area contributed by atoms with Crippen molar-refractivity contribution < 1.29 is 0 Å². The fraction of sp³-hybridized carbons (Fsp3) is 0.286. The van der Waals surface area contributed by atoms with Gasteiger partial charge in [0.15, 0.2) is 0 Å². The second-order valence-electron chi connectivity index (χ2n) is 6.55. The molecule has 24 heavy (non-hydrogen) atoms. The average molecular weight is 317 g/mol. The largest absolute Gasteiger partial charge is 0.304 e. The number of benzene rings is 2. The molecule has 0 saturated heterocycles. The minimum absolute atomic E-state index is 0.316. The van der Waals surface area contributed by atoms with Gasteiger partial charge in [0, 0.05) is 30.4 Å². The van der Waals surface area contributed by atoms with Gasteiger partial charge < -0.3 is 5.32 Å². The van der Waals surface area contributed by atoms with Crippen LogP contribution in [0, 0.1) is 0 Å². The summed E-state index contributed by atoms with van der Waals surface area (Å²) in [6.45, 7) is 0.804. The third kappa shape index (κ3) is 3.13. The maximum atomic E-state index is 4.06. The van der Waals surface area contributed by atoms with E-state index in [-0.39, 0.29) is 0 Å². The molecule has 3 heteroatoms. The number of aryl methyl sites for hydroxylation is 1. The van der Waals surface area contributed by atoms with Gasteiger partial charge in [-0.25, -0.2) is 0 Å². The topological polar surface area (TPSA) is 40.7 Å². The molecule has 3 aromatic rings. The van der Waals surface area contributed by atoms with Crippen molar-refractivity contribution in [2.24, 2.45) is 0 Å². The molecule has 4 rings (SSSR count). The van der Waals surface area contributed by atoms with E-state index in [4.69, 9.17) is 0 Å². The highest BCUT2D eigenvalue weighted by Crippen LogP contribution is 2.40. The molecule has 3 nitrogen and oxygen atoms in total. The van der Waals surface area contributed by atoms with Gasteiger partial charge in [0.1, 0.15) is 0 Å². The Balaban J connectivity index is 1.65. The lowest BCUT2D eigenvalue weighted by Gasteiger charge is -2.33. The van der Waals surface area contributed by atoms with Crippen LogP contribution in [0.5, 0.6) is 0 Å². The van der Waals surface area contributed by atoms with Gasteiger partial charge >= 0.3 is 0 Å². The van der Waals surface area contributed by atoms with E-state index in [9.17, 15) is 0 Å². The summed E-state index contributed by atoms with van der Waals surface area (Å²) in [5, 5.41) is 10.9. The Hall–Kier alpha value is -2.39. The van der Waals surface area contributed by atoms with Crippen molar-refractivity contribution in [2.75, 3.05) is 0 Å². The number of nitrogens with zero attached hydrogens (tertiary/aromatic N) is 1. The monoisotopic (exact) mass is 317 g/mol. The zero-order valence-electron chi connectivity index (χ0n) is 13.8. The predicted molar refractivity (Wildman–Crippen MR) is 96.7 cm³/mol. The molecule has 2 aromatic carbocycles. The number of aromatic nitrogens is 2. The summed E-state index contributed by atoms with van der Waals surface area (Å²) >= 11 is 0. The number of rotatable bonds is 5. The zero-order valence-corrected chi connectivity index (χ0v) is 13.8. The average Bonchev–Trinajstić information content (AvgIpc) is 3.16. The zero-order chi connectivity index (χ0) is 16.2. The maximum absolute atomic E-state index is 4.06. The van der Waals surface area contributed by atoms with Crippen LogP contribution < -0.4 is 5.32 Å². The van der Waals surface area contributed by atoms with Crippen LogP contribution in [-0.4, -0.2) is 10.2 Å². The van der Waals surface area contributed by atoms with Crippen molar-refractivity contribution in [2.45, 2.75) is 37.8 Å². The number of hydrogen-bond donors (Lipinski definition) is 2. The second-order valence-corrected chi connectivity index (χ2v) is 6.55. The summed E-state index contributed by atoms with van der Waals surface area (Å²) in [6, 6.07) is 22.1. The van der Waals surface area contributed by atoms with Gasteiger partial charge in [0.25, 0.3) is 0 Å². The first kappa shape index (κ1) is 15.2. The summed E-state index contributed by atoms with van der Waals surface area (Å²) in [6.07, 6.45) is 5.50. The van der Waals surface area contributed by atoms with Gasteiger partial charge in [0.2, 0.25) is 0 Å². The van der Waals surface area contributed by atoms with E-state index in [1.54, 1.807) is 0 Å². The number of hydrogen-bond acceptors (Lipinski definition) is 2. The van der Waals surface area contributed by atoms with E-state index in [0.29, 0.717) is 12.0 Å². The highest BCUT2D eigenvalue weighted by molar-refractivity contribution is 5.36. The van der Waals surface area contributed by atoms with Crippen molar-refractivity contribution in [1.82, 2.24) is 15.5 Å². The molecule has 2 N–H and O–H groups in total. The molecule has 1 aromatic heterocycles. The maximum Gasteiger partial charge on any atom is 0.0490 e. The first-order valence-corrected chi connectivity index (χ1v) is 8.76. The fourth-order valence-electron chi connectivity index (χ4n) is 3.89. The molecular weight excluding hydrogens is 294 g/mol. The highest BCUT2D eigenvalue weighted by Gasteiger charge is 2.28. The van der Waals surface area contributed by atoms with Gasteiger partial charge in [-0.1, -0.05) is 54.6 Å². The van der Waals surface area contributed by atoms with E-state index >= 15 is 0 Å². The Kier molecular flexibility index (Phi) is 4.43. The number of nitrogens with one attached hydrogen (secondary N) is 2. The van der Waals surface area contributed by atoms with Crippen molar-refractivity contribution in [3.8, 4) is 0 Å². The molecule has 1 aliphatic rings. The van der Waals surface area contributed by atoms with Crippen LogP contribution in [0.15, 0.2) is 66.9 Å². The van der Waals surface area contributed by atoms with E-state index in [1.807, 2.05) is 12.3 Å². The molecule has 0 aliphatic heterocycles. The van der Waals surface area contributed by atoms with Crippen LogP contribution in [0.4, 0.5) is 0 Å². The van der Waals surface area contributed by atoms with E-state index in [2.05, 4.69) is 70.1 Å². The molecule has 2 atom stereocenters. The standard InChI is InChI=1S/C21H23N3/c1-2-8-17(9-3-1)21(22-15-18-13-14-23-24-18)20-12-6-10-16-7-4-5-11-19(16)20/h1-5,7-9,11,13-14,20-22H,6,10,12,15H2,(H,23,24). The first-order chi connectivity index (χ1) is 11.9. The molecule has 0 amide bonds. The molecule has 0 bridgehead atoms. The normalized spacial score (nSPS) is 18.1. The smallest absolute Gasteiger partial charge is 0.0490 e. The Bertz CT molecular complexity index is 765. The van der Waals surface area contributed by atoms with Gasteiger partial charge in [-0.05, 0) is 42.0 Å². The van der Waals surface area contributed by atoms with Crippen LogP contribution in [0.25, 0.3) is 0 Å². The second kappa shape index (κ2) is 7.02. The van der Waals surface area contributed by atoms with Crippen molar-refractivity contribution in [3.63, 3.8) is 0 Å². The lowest BCUT2D eigenvalue weighted by molar-refractivity contribution is 0.398. The molecule has 1 heterocycles. The highest BCUT2D eigenvalue weighted by atomic mass is 15.1. The van der Waals surface area contributed by atoms with Crippen molar-refractivity contribution in [3.05, 3.63) is 89.2 Å². The number of aromatic amines is 1. The van der Waals surface area contributed by atoms with Crippen LogP contribution >= 0.6 is 0 Å². The van der Waals surface area contributed by atoms with Crippen LogP contribution in [0.1, 0.15) is 47.2 Å². The summed E-state index contributed by atoms with van der Waals surface area (Å²) in [7, 11) is 0. The Labute approximate surface area is 143 Å². The molecule has 0 saturated carbocycles. The summed E-state index contributed by atoms with van der Waals surface area (Å²) in [5.41, 5.74) is 5.51. The molecular formula is C21H23N3. The third-order valence-corrected chi connectivity index (χ3v) is 5.05. The summed E-state index contributed by atoms with van der Waals surface area (Å²) in [4.78, 5) is 0. The predicted octanol–water partition coefficient (Wildman–Crippen LogP) is 4.36. The summed E-state index contributed by atoms with van der Waals surface area (Å²) in [5.74, 6) is 0.514. The van der Waals surface area contributed by atoms with Crippen molar-refractivity contribution in [1.29, 1.82) is 0 Å². The van der Waals surface area contributed by atoms with Crippen LogP contribution in [0.2, 0.25) is 0 Å². The lowest BCUT2D eigenvalue weighted by Crippen LogP contribution is -2.29. The van der Waals surface area contributed by atoms with E-state index in [1.165, 1.54) is 36.0 Å². The molecule has 0 radical (unpaired) electrons. The SMILES string of the molecule is c1ccc(C(NCc2ccn[nH]2)C2CCCc3ccccc32)cc1. The van der Waals surface area contributed by atoms with E-state index in [0.717, 1.165) is 12.2 Å². The minimum atomic E-state index is 0.316. The molecule has 0 spiro atoms. The Morgan fingerprint density at radius 1 is 1.04 bits per heavy atom. The van der Waals surface area contributed by atoms with Crippen molar-refractivity contribution >= 4 is 0 Å². The number of H-pyrrole nitrogens is 1. The van der Waals surface area contributed by atoms with Crippen LogP contribution in [-0.2, 0) is 13.0 Å². The van der Waals surface area contributed by atoms with Gasteiger partial charge in [-0.3, -0.25) is 5.10 Å². The van der Waals surface area contributed by atoms with Gasteiger partial charge in [0.05, 0.1) is 0 Å². The number of fused-ring (bicyclic) bond motifs is 1. The Morgan fingerprint density at radius 2 is 1.88 bits per heavy atom. The minimum Gasteiger partial charge on any atom is -0.304 e. The molecule has 2 unspecified atom stereocenters. The van der Waals surface area contributed by atoms with Gasteiger partial charge in [-0.2, -0.15) is 5.10 Å². The van der Waals surface area contributed by atoms with Gasteiger partial charge in [-0.15, -0.1) is 0 Å². The van der Waals surface area contributed by atoms with E-state index < -0.39 is 0 Å². The quantitative estimate of drug-likeness (QED) is 0.734. The lowest BCUT2D eigenvalue weighted by atomic mass is 9.76. The Morgan fingerprint density at radius 3 is 2.71 bits per heavy atom. The fourth-order valence-corrected chi connectivity index (χ4v) is 3.89. The molecule has 0 fully saturated rings. The molecule has 1 aliphatic carbocycles. The summed E-state index contributed by atoms with van der Waals surface area (Å²) < 4.78 is 0. The molecule has 122 valence electrons. The van der Waals surface area contributed by atoms with Crippen LogP contribution in [0.3, 0.4) is 0 Å².